The van der Waals surface area contributed by atoms with Gasteiger partial charge in [0.15, 0.2) is 0 Å². The number of hydrogen-bond acceptors (Lipinski definition) is 5. The Morgan fingerprint density at radius 2 is 2.10 bits per heavy atom. The molecule has 6 heteroatoms. The lowest BCUT2D eigenvalue weighted by Crippen LogP contribution is -2.41. The van der Waals surface area contributed by atoms with Gasteiger partial charge in [-0.15, -0.1) is 0 Å². The summed E-state index contributed by atoms with van der Waals surface area (Å²) in [7, 11) is 0. The van der Waals surface area contributed by atoms with Crippen LogP contribution in [-0.4, -0.2) is 56.7 Å². The number of rotatable bonds is 9. The van der Waals surface area contributed by atoms with E-state index >= 15 is 0 Å². The van der Waals surface area contributed by atoms with Crippen LogP contribution in [0, 0.1) is 11.3 Å². The number of nitriles is 1. The van der Waals surface area contributed by atoms with Gasteiger partial charge >= 0.3 is 0 Å². The van der Waals surface area contributed by atoms with E-state index in [9.17, 15) is 4.79 Å². The molecule has 1 saturated heterocycles. The van der Waals surface area contributed by atoms with Crippen LogP contribution in [0.2, 0.25) is 0 Å². The maximum absolute atomic E-state index is 11.9. The summed E-state index contributed by atoms with van der Waals surface area (Å²) in [5, 5.41) is 15.1. The molecule has 1 amide bonds. The molecule has 0 aromatic carbocycles. The Morgan fingerprint density at radius 1 is 1.38 bits per heavy atom. The minimum Gasteiger partial charge on any atom is -0.381 e. The minimum atomic E-state index is -0.301. The number of piperazine rings is 1. The number of unbranched alkanes of at least 4 members (excludes halogenated alkanes) is 1. The van der Waals surface area contributed by atoms with Crippen LogP contribution in [0.3, 0.4) is 0 Å². The van der Waals surface area contributed by atoms with E-state index in [0.29, 0.717) is 13.2 Å². The molecule has 1 heterocycles. The molecule has 6 nitrogen and oxygen atoms in total. The van der Waals surface area contributed by atoms with Gasteiger partial charge in [-0.25, -0.2) is 0 Å². The van der Waals surface area contributed by atoms with Crippen molar-refractivity contribution in [2.45, 2.75) is 26.2 Å². The van der Waals surface area contributed by atoms with Crippen LogP contribution in [0.1, 0.15) is 26.2 Å². The Kier molecular flexibility index (Phi) is 9.25. The van der Waals surface area contributed by atoms with Crippen molar-refractivity contribution in [3.8, 4) is 6.07 Å². The zero-order chi connectivity index (χ0) is 15.3. The molecule has 0 unspecified atom stereocenters. The Hall–Kier alpha value is -1.58. The zero-order valence-corrected chi connectivity index (χ0v) is 12.9. The lowest BCUT2D eigenvalue weighted by Gasteiger charge is -2.26. The second-order valence-corrected chi connectivity index (χ2v) is 5.02. The molecule has 118 valence electrons. The highest BCUT2D eigenvalue weighted by Gasteiger charge is 2.12. The number of nitrogens with one attached hydrogen (secondary N) is 2. The molecule has 0 aromatic heterocycles. The molecule has 0 spiro atoms. The highest BCUT2D eigenvalue weighted by atomic mass is 16.5. The summed E-state index contributed by atoms with van der Waals surface area (Å²) >= 11 is 0. The smallest absolute Gasteiger partial charge is 0.263 e. The molecule has 1 rings (SSSR count). The number of hydrogen-bond donors (Lipinski definition) is 2. The average molecular weight is 294 g/mol. The third-order valence-electron chi connectivity index (χ3n) is 3.22. The first-order chi connectivity index (χ1) is 10.3. The second-order valence-electron chi connectivity index (χ2n) is 5.02. The van der Waals surface area contributed by atoms with E-state index in [4.69, 9.17) is 10.00 Å². The predicted octanol–water partition coefficient (Wildman–Crippen LogP) is 0.622. The number of carbonyl (C=O) groups is 1. The molecule has 1 fully saturated rings. The van der Waals surface area contributed by atoms with Gasteiger partial charge in [0.25, 0.3) is 5.91 Å². The van der Waals surface area contributed by atoms with Crippen LogP contribution in [0.15, 0.2) is 11.8 Å². The van der Waals surface area contributed by atoms with Gasteiger partial charge < -0.3 is 20.3 Å². The average Bonchev–Trinajstić information content (AvgIpc) is 2.52. The summed E-state index contributed by atoms with van der Waals surface area (Å²) in [4.78, 5) is 13.9. The van der Waals surface area contributed by atoms with Crippen LogP contribution < -0.4 is 10.6 Å². The summed E-state index contributed by atoms with van der Waals surface area (Å²) in [6.45, 7) is 7.48. The molecule has 2 N–H and O–H groups in total. The van der Waals surface area contributed by atoms with E-state index in [0.717, 1.165) is 52.0 Å². The van der Waals surface area contributed by atoms with Crippen molar-refractivity contribution in [2.75, 3.05) is 45.9 Å². The lowest BCUT2D eigenvalue weighted by molar-refractivity contribution is -0.117. The highest BCUT2D eigenvalue weighted by Crippen LogP contribution is 2.00. The minimum absolute atomic E-state index is 0.170. The van der Waals surface area contributed by atoms with E-state index in [2.05, 4.69) is 17.6 Å². The maximum Gasteiger partial charge on any atom is 0.263 e. The van der Waals surface area contributed by atoms with Crippen molar-refractivity contribution in [1.82, 2.24) is 15.5 Å². The SMILES string of the molecule is CCCCOCCCNC(=O)/C(C#N)=C\N1CCNCC1. The summed E-state index contributed by atoms with van der Waals surface area (Å²) < 4.78 is 5.42. The topological polar surface area (TPSA) is 77.4 Å². The molecule has 0 saturated carbocycles. The number of amides is 1. The van der Waals surface area contributed by atoms with Crippen LogP contribution in [-0.2, 0) is 9.53 Å². The molecule has 0 aromatic rings. The predicted molar refractivity (Wildman–Crippen MR) is 81.5 cm³/mol. The first-order valence-corrected chi connectivity index (χ1v) is 7.70. The lowest BCUT2D eigenvalue weighted by atomic mass is 10.2. The Balaban J connectivity index is 2.22. The van der Waals surface area contributed by atoms with Crippen molar-refractivity contribution in [2.24, 2.45) is 0 Å². The molecular formula is C15H26N4O2. The molecule has 0 aliphatic carbocycles. The Bertz CT molecular complexity index is 370. The van der Waals surface area contributed by atoms with Crippen LogP contribution in [0.5, 0.6) is 0 Å². The monoisotopic (exact) mass is 294 g/mol. The summed E-state index contributed by atoms with van der Waals surface area (Å²) in [5.74, 6) is -0.301. The number of carbonyl (C=O) groups excluding carboxylic acids is 1. The summed E-state index contributed by atoms with van der Waals surface area (Å²) in [6, 6.07) is 1.97. The van der Waals surface area contributed by atoms with Crippen LogP contribution in [0.4, 0.5) is 0 Å². The van der Waals surface area contributed by atoms with Crippen LogP contribution in [0.25, 0.3) is 0 Å². The van der Waals surface area contributed by atoms with Gasteiger partial charge in [-0.1, -0.05) is 13.3 Å². The van der Waals surface area contributed by atoms with Gasteiger partial charge in [0.2, 0.25) is 0 Å². The molecule has 0 bridgehead atoms. The Labute approximate surface area is 127 Å². The Morgan fingerprint density at radius 3 is 2.76 bits per heavy atom. The van der Waals surface area contributed by atoms with Gasteiger partial charge in [-0.2, -0.15) is 5.26 Å². The summed E-state index contributed by atoms with van der Waals surface area (Å²) in [5.41, 5.74) is 0.170. The highest BCUT2D eigenvalue weighted by molar-refractivity contribution is 5.97. The van der Waals surface area contributed by atoms with Crippen molar-refractivity contribution < 1.29 is 9.53 Å². The van der Waals surface area contributed by atoms with E-state index in [1.54, 1.807) is 6.20 Å². The maximum atomic E-state index is 11.9. The molecule has 0 atom stereocenters. The fraction of sp³-hybridized carbons (Fsp3) is 0.733. The van der Waals surface area contributed by atoms with Gasteiger partial charge in [-0.3, -0.25) is 4.79 Å². The van der Waals surface area contributed by atoms with Crippen LogP contribution >= 0.6 is 0 Å². The zero-order valence-electron chi connectivity index (χ0n) is 12.9. The number of nitrogens with zero attached hydrogens (tertiary/aromatic N) is 2. The molecule has 21 heavy (non-hydrogen) atoms. The molecule has 1 aliphatic rings. The van der Waals surface area contributed by atoms with Gasteiger partial charge in [0.1, 0.15) is 11.6 Å². The largest absolute Gasteiger partial charge is 0.381 e. The first-order valence-electron chi connectivity index (χ1n) is 7.70. The van der Waals surface area contributed by atoms with Gasteiger partial charge in [0, 0.05) is 52.1 Å². The quantitative estimate of drug-likeness (QED) is 0.370. The first kappa shape index (κ1) is 17.5. The fourth-order valence-electron chi connectivity index (χ4n) is 1.95. The van der Waals surface area contributed by atoms with E-state index < -0.39 is 0 Å². The molecular weight excluding hydrogens is 268 g/mol. The fourth-order valence-corrected chi connectivity index (χ4v) is 1.95. The van der Waals surface area contributed by atoms with Gasteiger partial charge in [0.05, 0.1) is 0 Å². The van der Waals surface area contributed by atoms with Crippen molar-refractivity contribution in [3.63, 3.8) is 0 Å². The van der Waals surface area contributed by atoms with Crippen molar-refractivity contribution >= 4 is 5.91 Å². The van der Waals surface area contributed by atoms with E-state index in [1.165, 1.54) is 0 Å². The summed E-state index contributed by atoms with van der Waals surface area (Å²) in [6.07, 6.45) is 4.62. The van der Waals surface area contributed by atoms with Crippen molar-refractivity contribution in [1.29, 1.82) is 5.26 Å². The normalized spacial score (nSPS) is 15.6. The second kappa shape index (κ2) is 11.1. The standard InChI is InChI=1S/C15H26N4O2/c1-2-3-10-21-11-4-5-18-15(20)14(12-16)13-19-8-6-17-7-9-19/h13,17H,2-11H2,1H3,(H,18,20)/b14-13-. The third kappa shape index (κ3) is 7.69. The van der Waals surface area contributed by atoms with E-state index in [1.807, 2.05) is 11.0 Å². The number of ether oxygens (including phenoxy) is 1. The van der Waals surface area contributed by atoms with E-state index in [-0.39, 0.29) is 11.5 Å². The van der Waals surface area contributed by atoms with Crippen molar-refractivity contribution in [3.05, 3.63) is 11.8 Å². The molecule has 1 aliphatic heterocycles. The van der Waals surface area contributed by atoms with Gasteiger partial charge in [-0.05, 0) is 12.8 Å². The third-order valence-corrected chi connectivity index (χ3v) is 3.22. The molecule has 0 radical (unpaired) electrons.